The highest BCUT2D eigenvalue weighted by Gasteiger charge is 2.29. The highest BCUT2D eigenvalue weighted by molar-refractivity contribution is 5.92. The normalized spacial score (nSPS) is 13.3. The molecule has 118 valence electrons. The number of amides is 1. The van der Waals surface area contributed by atoms with E-state index >= 15 is 0 Å². The van der Waals surface area contributed by atoms with Crippen LogP contribution < -0.4 is 5.32 Å². The molecule has 2 N–H and O–H groups in total. The van der Waals surface area contributed by atoms with Crippen LogP contribution in [0.25, 0.3) is 0 Å². The van der Waals surface area contributed by atoms with Crippen LogP contribution in [0.5, 0.6) is 0 Å². The van der Waals surface area contributed by atoms with Crippen molar-refractivity contribution in [2.75, 3.05) is 25.5 Å². The van der Waals surface area contributed by atoms with Crippen LogP contribution >= 0.6 is 0 Å². The van der Waals surface area contributed by atoms with Gasteiger partial charge in [-0.15, -0.1) is 0 Å². The zero-order valence-corrected chi connectivity index (χ0v) is 11.9. The predicted molar refractivity (Wildman–Crippen MR) is 73.9 cm³/mol. The molecule has 1 aromatic rings. The van der Waals surface area contributed by atoms with Gasteiger partial charge < -0.3 is 10.4 Å². The molecule has 7 heteroatoms. The maximum Gasteiger partial charge on any atom is 0.416 e. The van der Waals surface area contributed by atoms with Crippen LogP contribution in [0.1, 0.15) is 18.9 Å². The SMILES string of the molecule is CC(O)CCN(C)CC(=O)Nc1ccc(C(F)(F)F)cc1. The summed E-state index contributed by atoms with van der Waals surface area (Å²) in [7, 11) is 1.73. The molecule has 0 spiro atoms. The first-order chi connectivity index (χ1) is 9.68. The summed E-state index contributed by atoms with van der Waals surface area (Å²) in [6.45, 7) is 2.32. The molecule has 1 amide bonds. The summed E-state index contributed by atoms with van der Waals surface area (Å²) < 4.78 is 37.2. The molecule has 0 saturated carbocycles. The van der Waals surface area contributed by atoms with Gasteiger partial charge in [0.15, 0.2) is 0 Å². The number of nitrogens with one attached hydrogen (secondary N) is 1. The van der Waals surface area contributed by atoms with Crippen molar-refractivity contribution in [3.05, 3.63) is 29.8 Å². The first-order valence-electron chi connectivity index (χ1n) is 6.52. The Bertz CT molecular complexity index is 458. The second-order valence-electron chi connectivity index (χ2n) is 5.00. The summed E-state index contributed by atoms with van der Waals surface area (Å²) in [5.74, 6) is -0.317. The Kier molecular flexibility index (Phi) is 6.17. The van der Waals surface area contributed by atoms with E-state index in [2.05, 4.69) is 5.32 Å². The summed E-state index contributed by atoms with van der Waals surface area (Å²) >= 11 is 0. The third kappa shape index (κ3) is 6.59. The monoisotopic (exact) mass is 304 g/mol. The third-order valence-corrected chi connectivity index (χ3v) is 2.84. The van der Waals surface area contributed by atoms with Gasteiger partial charge in [0, 0.05) is 12.2 Å². The van der Waals surface area contributed by atoms with Crippen molar-refractivity contribution < 1.29 is 23.1 Å². The van der Waals surface area contributed by atoms with Gasteiger partial charge in [-0.2, -0.15) is 13.2 Å². The van der Waals surface area contributed by atoms with Gasteiger partial charge >= 0.3 is 6.18 Å². The molecular formula is C14H19F3N2O2. The molecule has 0 aliphatic carbocycles. The van der Waals surface area contributed by atoms with Gasteiger partial charge in [-0.25, -0.2) is 0 Å². The molecule has 1 rings (SSSR count). The summed E-state index contributed by atoms with van der Waals surface area (Å²) in [5.41, 5.74) is -0.438. The molecule has 0 aliphatic heterocycles. The van der Waals surface area contributed by atoms with Crippen LogP contribution in [0.15, 0.2) is 24.3 Å². The van der Waals surface area contributed by atoms with Crippen molar-refractivity contribution in [1.29, 1.82) is 0 Å². The fourth-order valence-corrected chi connectivity index (χ4v) is 1.67. The van der Waals surface area contributed by atoms with Gasteiger partial charge in [0.25, 0.3) is 0 Å². The molecule has 1 atom stereocenters. The van der Waals surface area contributed by atoms with E-state index in [1.54, 1.807) is 18.9 Å². The fourth-order valence-electron chi connectivity index (χ4n) is 1.67. The Morgan fingerprint density at radius 1 is 1.33 bits per heavy atom. The molecule has 21 heavy (non-hydrogen) atoms. The number of hydrogen-bond donors (Lipinski definition) is 2. The van der Waals surface area contributed by atoms with Gasteiger partial charge in [-0.05, 0) is 44.7 Å². The van der Waals surface area contributed by atoms with Crippen LogP contribution in [-0.4, -0.2) is 42.2 Å². The lowest BCUT2D eigenvalue weighted by Crippen LogP contribution is -2.32. The smallest absolute Gasteiger partial charge is 0.393 e. The van der Waals surface area contributed by atoms with E-state index in [0.717, 1.165) is 12.1 Å². The Balaban J connectivity index is 2.48. The van der Waals surface area contributed by atoms with Crippen LogP contribution in [0.4, 0.5) is 18.9 Å². The van der Waals surface area contributed by atoms with Crippen LogP contribution in [0, 0.1) is 0 Å². The summed E-state index contributed by atoms with van der Waals surface area (Å²) in [6.07, 6.45) is -4.28. The van der Waals surface area contributed by atoms with E-state index in [-0.39, 0.29) is 12.5 Å². The molecule has 0 aliphatic rings. The van der Waals surface area contributed by atoms with Gasteiger partial charge in [-0.3, -0.25) is 9.69 Å². The van der Waals surface area contributed by atoms with Gasteiger partial charge in [-0.1, -0.05) is 0 Å². The molecule has 0 saturated heterocycles. The number of rotatable bonds is 6. The summed E-state index contributed by atoms with van der Waals surface area (Å²) in [6, 6.07) is 4.28. The van der Waals surface area contributed by atoms with E-state index in [1.165, 1.54) is 12.1 Å². The molecule has 0 radical (unpaired) electrons. The number of halogens is 3. The zero-order chi connectivity index (χ0) is 16.0. The second-order valence-corrected chi connectivity index (χ2v) is 5.00. The van der Waals surface area contributed by atoms with Crippen molar-refractivity contribution in [2.24, 2.45) is 0 Å². The van der Waals surface area contributed by atoms with Crippen molar-refractivity contribution in [3.8, 4) is 0 Å². The molecule has 0 fully saturated rings. The molecular weight excluding hydrogens is 285 g/mol. The zero-order valence-electron chi connectivity index (χ0n) is 11.9. The minimum atomic E-state index is -4.39. The van der Waals surface area contributed by atoms with E-state index in [9.17, 15) is 18.0 Å². The molecule has 1 unspecified atom stereocenters. The number of benzene rings is 1. The van der Waals surface area contributed by atoms with Crippen molar-refractivity contribution >= 4 is 11.6 Å². The number of aliphatic hydroxyl groups is 1. The number of carbonyl (C=O) groups excluding carboxylic acids is 1. The minimum Gasteiger partial charge on any atom is -0.393 e. The second kappa shape index (κ2) is 7.42. The molecule has 1 aromatic carbocycles. The predicted octanol–water partition coefficient (Wildman–Crippen LogP) is 2.35. The van der Waals surface area contributed by atoms with E-state index in [1.807, 2.05) is 0 Å². The molecule has 0 aromatic heterocycles. The first kappa shape index (κ1) is 17.5. The average molecular weight is 304 g/mol. The fraction of sp³-hybridized carbons (Fsp3) is 0.500. The maximum atomic E-state index is 12.4. The number of hydrogen-bond acceptors (Lipinski definition) is 3. The van der Waals surface area contributed by atoms with Crippen LogP contribution in [0.2, 0.25) is 0 Å². The van der Waals surface area contributed by atoms with Gasteiger partial charge in [0.05, 0.1) is 18.2 Å². The largest absolute Gasteiger partial charge is 0.416 e. The third-order valence-electron chi connectivity index (χ3n) is 2.84. The number of aliphatic hydroxyl groups excluding tert-OH is 1. The number of alkyl halides is 3. The molecule has 0 heterocycles. The standard InChI is InChI=1S/C14H19F3N2O2/c1-10(20)7-8-19(2)9-13(21)18-12-5-3-11(4-6-12)14(15,16)17/h3-6,10,20H,7-9H2,1-2H3,(H,18,21). The van der Waals surface area contributed by atoms with E-state index in [0.29, 0.717) is 18.7 Å². The Labute approximate surface area is 121 Å². The van der Waals surface area contributed by atoms with Crippen LogP contribution in [0.3, 0.4) is 0 Å². The van der Waals surface area contributed by atoms with Crippen molar-refractivity contribution in [2.45, 2.75) is 25.6 Å². The van der Waals surface area contributed by atoms with E-state index < -0.39 is 17.8 Å². The highest BCUT2D eigenvalue weighted by atomic mass is 19.4. The molecule has 0 bridgehead atoms. The number of likely N-dealkylation sites (N-methyl/N-ethyl adjacent to an activating group) is 1. The number of nitrogens with zero attached hydrogens (tertiary/aromatic N) is 1. The number of anilines is 1. The maximum absolute atomic E-state index is 12.4. The van der Waals surface area contributed by atoms with Crippen LogP contribution in [-0.2, 0) is 11.0 Å². The number of carbonyl (C=O) groups is 1. The lowest BCUT2D eigenvalue weighted by molar-refractivity contribution is -0.137. The van der Waals surface area contributed by atoms with Gasteiger partial charge in [0.2, 0.25) is 5.91 Å². The highest BCUT2D eigenvalue weighted by Crippen LogP contribution is 2.29. The topological polar surface area (TPSA) is 52.6 Å². The quantitative estimate of drug-likeness (QED) is 0.848. The molecule has 4 nitrogen and oxygen atoms in total. The lowest BCUT2D eigenvalue weighted by atomic mass is 10.2. The first-order valence-corrected chi connectivity index (χ1v) is 6.52. The Morgan fingerprint density at radius 2 is 1.90 bits per heavy atom. The Morgan fingerprint density at radius 3 is 2.38 bits per heavy atom. The minimum absolute atomic E-state index is 0.105. The average Bonchev–Trinajstić information content (AvgIpc) is 2.35. The summed E-state index contributed by atoms with van der Waals surface area (Å²) in [5, 5.41) is 11.7. The van der Waals surface area contributed by atoms with Gasteiger partial charge in [0.1, 0.15) is 0 Å². The van der Waals surface area contributed by atoms with Crippen molar-refractivity contribution in [3.63, 3.8) is 0 Å². The summed E-state index contributed by atoms with van der Waals surface area (Å²) in [4.78, 5) is 13.4. The van der Waals surface area contributed by atoms with Crippen molar-refractivity contribution in [1.82, 2.24) is 4.90 Å². The Hall–Kier alpha value is -1.60. The lowest BCUT2D eigenvalue weighted by Gasteiger charge is -2.17. The van der Waals surface area contributed by atoms with E-state index in [4.69, 9.17) is 5.11 Å².